The molecule has 0 aliphatic heterocycles. The molecular weight excluding hydrogens is 342 g/mol. The van der Waals surface area contributed by atoms with Crippen molar-refractivity contribution in [3.63, 3.8) is 0 Å². The van der Waals surface area contributed by atoms with E-state index in [1.807, 2.05) is 41.1 Å². The van der Waals surface area contributed by atoms with E-state index in [-0.39, 0.29) is 5.91 Å². The van der Waals surface area contributed by atoms with E-state index in [2.05, 4.69) is 30.6 Å². The summed E-state index contributed by atoms with van der Waals surface area (Å²) in [6, 6.07) is 11.4. The summed E-state index contributed by atoms with van der Waals surface area (Å²) in [6.07, 6.45) is 7.16. The lowest BCUT2D eigenvalue weighted by Crippen LogP contribution is -2.25. The second-order valence-corrected chi connectivity index (χ2v) is 5.94. The highest BCUT2D eigenvalue weighted by Crippen LogP contribution is 2.12. The summed E-state index contributed by atoms with van der Waals surface area (Å²) in [7, 11) is 0. The number of carbonyl (C=O) groups excluding carboxylic acids is 1. The number of fused-ring (bicyclic) bond motifs is 1. The summed E-state index contributed by atoms with van der Waals surface area (Å²) in [5.74, 6) is 0.367. The topological polar surface area (TPSA) is 98.5 Å². The zero-order valence-corrected chi connectivity index (χ0v) is 14.5. The van der Waals surface area contributed by atoms with E-state index in [0.29, 0.717) is 24.5 Å². The predicted molar refractivity (Wildman–Crippen MR) is 99.7 cm³/mol. The molecule has 4 rings (SSSR count). The van der Waals surface area contributed by atoms with Crippen molar-refractivity contribution in [2.45, 2.75) is 13.0 Å². The van der Waals surface area contributed by atoms with Gasteiger partial charge in [-0.2, -0.15) is 0 Å². The van der Waals surface area contributed by atoms with E-state index >= 15 is 0 Å². The second kappa shape index (κ2) is 7.69. The van der Waals surface area contributed by atoms with Crippen LogP contribution in [0.2, 0.25) is 0 Å². The summed E-state index contributed by atoms with van der Waals surface area (Å²) in [6.45, 7) is 1.21. The van der Waals surface area contributed by atoms with Crippen molar-refractivity contribution >= 4 is 16.9 Å². The Balaban J connectivity index is 1.30. The van der Waals surface area contributed by atoms with Gasteiger partial charge in [-0.3, -0.25) is 9.78 Å². The summed E-state index contributed by atoms with van der Waals surface area (Å²) in [4.78, 5) is 24.7. The van der Waals surface area contributed by atoms with Gasteiger partial charge >= 0.3 is 0 Å². The summed E-state index contributed by atoms with van der Waals surface area (Å²) in [5, 5.41) is 11.1. The van der Waals surface area contributed by atoms with E-state index in [1.165, 1.54) is 12.4 Å². The monoisotopic (exact) mass is 359 g/mol. The number of nitrogens with zero attached hydrogens (tertiary/aromatic N) is 6. The Morgan fingerprint density at radius 2 is 1.81 bits per heavy atom. The number of rotatable bonds is 6. The van der Waals surface area contributed by atoms with Gasteiger partial charge in [-0.15, -0.1) is 5.10 Å². The molecule has 4 aromatic rings. The summed E-state index contributed by atoms with van der Waals surface area (Å²) in [5.41, 5.74) is 3.15. The van der Waals surface area contributed by atoms with Crippen LogP contribution in [0.3, 0.4) is 0 Å². The Kier molecular flexibility index (Phi) is 4.78. The Labute approximate surface area is 155 Å². The molecule has 0 atom stereocenters. The molecule has 0 unspecified atom stereocenters. The van der Waals surface area contributed by atoms with Gasteiger partial charge in [0.25, 0.3) is 5.91 Å². The summed E-state index contributed by atoms with van der Waals surface area (Å²) >= 11 is 0. The number of amides is 1. The normalized spacial score (nSPS) is 10.8. The SMILES string of the molecule is O=C(NCCCn1nnc2ccccc21)c1cnc(-c2ccncc2)nc1. The minimum atomic E-state index is -0.195. The molecule has 0 aliphatic rings. The molecule has 0 fully saturated rings. The second-order valence-electron chi connectivity index (χ2n) is 5.94. The van der Waals surface area contributed by atoms with Gasteiger partial charge in [-0.25, -0.2) is 14.6 Å². The Bertz CT molecular complexity index is 1040. The van der Waals surface area contributed by atoms with Crippen molar-refractivity contribution in [1.29, 1.82) is 0 Å². The van der Waals surface area contributed by atoms with E-state index in [4.69, 9.17) is 0 Å². The molecule has 1 aromatic carbocycles. The lowest BCUT2D eigenvalue weighted by atomic mass is 10.2. The van der Waals surface area contributed by atoms with Gasteiger partial charge in [0, 0.05) is 43.4 Å². The zero-order valence-electron chi connectivity index (χ0n) is 14.5. The van der Waals surface area contributed by atoms with E-state index in [0.717, 1.165) is 23.0 Å². The molecule has 3 heterocycles. The average molecular weight is 359 g/mol. The maximum atomic E-state index is 12.2. The first-order chi connectivity index (χ1) is 13.3. The van der Waals surface area contributed by atoms with Crippen LogP contribution in [0.4, 0.5) is 0 Å². The molecule has 0 aliphatic carbocycles. The third-order valence-corrected chi connectivity index (χ3v) is 4.11. The Hall–Kier alpha value is -3.68. The van der Waals surface area contributed by atoms with Crippen LogP contribution in [0.5, 0.6) is 0 Å². The molecule has 8 heteroatoms. The van der Waals surface area contributed by atoms with Crippen molar-refractivity contribution in [3.8, 4) is 11.4 Å². The van der Waals surface area contributed by atoms with Crippen LogP contribution in [-0.2, 0) is 6.54 Å². The molecule has 0 bridgehead atoms. The van der Waals surface area contributed by atoms with Crippen LogP contribution < -0.4 is 5.32 Å². The number of pyridine rings is 1. The molecule has 0 saturated heterocycles. The standard InChI is InChI=1S/C19H17N7O/c27-19(15-12-22-18(23-13-15)14-6-9-20-10-7-14)21-8-3-11-26-17-5-2-1-4-16(17)24-25-26/h1-2,4-7,9-10,12-13H,3,8,11H2,(H,21,27). The fraction of sp³-hybridized carbons (Fsp3) is 0.158. The predicted octanol–water partition coefficient (Wildman–Crippen LogP) is 2.10. The molecule has 1 N–H and O–H groups in total. The quantitative estimate of drug-likeness (QED) is 0.529. The van der Waals surface area contributed by atoms with Gasteiger partial charge in [0.15, 0.2) is 5.82 Å². The number of hydrogen-bond donors (Lipinski definition) is 1. The van der Waals surface area contributed by atoms with Crippen LogP contribution in [0.1, 0.15) is 16.8 Å². The van der Waals surface area contributed by atoms with Crippen LogP contribution in [0.15, 0.2) is 61.2 Å². The smallest absolute Gasteiger partial charge is 0.254 e. The summed E-state index contributed by atoms with van der Waals surface area (Å²) < 4.78 is 1.84. The van der Waals surface area contributed by atoms with Crippen molar-refractivity contribution < 1.29 is 4.79 Å². The third kappa shape index (κ3) is 3.79. The molecular formula is C19H17N7O. The van der Waals surface area contributed by atoms with Crippen LogP contribution >= 0.6 is 0 Å². The van der Waals surface area contributed by atoms with Gasteiger partial charge in [-0.1, -0.05) is 17.3 Å². The van der Waals surface area contributed by atoms with E-state index in [1.54, 1.807) is 12.4 Å². The highest BCUT2D eigenvalue weighted by molar-refractivity contribution is 5.93. The van der Waals surface area contributed by atoms with Crippen LogP contribution in [0, 0.1) is 0 Å². The van der Waals surface area contributed by atoms with Crippen LogP contribution in [-0.4, -0.2) is 42.4 Å². The third-order valence-electron chi connectivity index (χ3n) is 4.11. The fourth-order valence-electron chi connectivity index (χ4n) is 2.71. The lowest BCUT2D eigenvalue weighted by Gasteiger charge is -2.06. The highest BCUT2D eigenvalue weighted by Gasteiger charge is 2.08. The molecule has 3 aromatic heterocycles. The molecule has 27 heavy (non-hydrogen) atoms. The number of aryl methyl sites for hydroxylation is 1. The number of carbonyl (C=O) groups is 1. The van der Waals surface area contributed by atoms with E-state index < -0.39 is 0 Å². The van der Waals surface area contributed by atoms with Crippen molar-refractivity contribution in [2.24, 2.45) is 0 Å². The van der Waals surface area contributed by atoms with Crippen molar-refractivity contribution in [2.75, 3.05) is 6.54 Å². The first-order valence-corrected chi connectivity index (χ1v) is 8.60. The maximum absolute atomic E-state index is 12.2. The number of hydrogen-bond acceptors (Lipinski definition) is 6. The molecule has 0 spiro atoms. The molecule has 1 amide bonds. The molecule has 134 valence electrons. The molecule has 0 saturated carbocycles. The maximum Gasteiger partial charge on any atom is 0.254 e. The van der Waals surface area contributed by atoms with Crippen molar-refractivity contribution in [3.05, 3.63) is 66.7 Å². The van der Waals surface area contributed by atoms with Gasteiger partial charge in [-0.05, 0) is 30.7 Å². The van der Waals surface area contributed by atoms with Gasteiger partial charge in [0.1, 0.15) is 5.52 Å². The zero-order chi connectivity index (χ0) is 18.5. The number of para-hydroxylation sites is 1. The van der Waals surface area contributed by atoms with Crippen LogP contribution in [0.25, 0.3) is 22.4 Å². The van der Waals surface area contributed by atoms with Gasteiger partial charge in [0.2, 0.25) is 0 Å². The number of benzene rings is 1. The van der Waals surface area contributed by atoms with E-state index in [9.17, 15) is 4.79 Å². The van der Waals surface area contributed by atoms with Crippen molar-refractivity contribution in [1.82, 2.24) is 35.3 Å². The van der Waals surface area contributed by atoms with Gasteiger partial charge < -0.3 is 5.32 Å². The first-order valence-electron chi connectivity index (χ1n) is 8.60. The highest BCUT2D eigenvalue weighted by atomic mass is 16.1. The Morgan fingerprint density at radius 3 is 2.63 bits per heavy atom. The minimum absolute atomic E-state index is 0.195. The Morgan fingerprint density at radius 1 is 1.04 bits per heavy atom. The minimum Gasteiger partial charge on any atom is -0.352 e. The fourth-order valence-corrected chi connectivity index (χ4v) is 2.71. The molecule has 8 nitrogen and oxygen atoms in total. The first kappa shape index (κ1) is 16.8. The number of nitrogens with one attached hydrogen (secondary N) is 1. The lowest BCUT2D eigenvalue weighted by molar-refractivity contribution is 0.0952. The largest absolute Gasteiger partial charge is 0.352 e. The average Bonchev–Trinajstić information content (AvgIpc) is 3.15. The molecule has 0 radical (unpaired) electrons. The number of aromatic nitrogens is 6. The van der Waals surface area contributed by atoms with Gasteiger partial charge in [0.05, 0.1) is 11.1 Å².